The lowest BCUT2D eigenvalue weighted by Crippen LogP contribution is -2.29. The van der Waals surface area contributed by atoms with Crippen LogP contribution in [0.4, 0.5) is 0 Å². The summed E-state index contributed by atoms with van der Waals surface area (Å²) in [6.45, 7) is 1.50. The predicted molar refractivity (Wildman–Crippen MR) is 73.0 cm³/mol. The van der Waals surface area contributed by atoms with Crippen LogP contribution >= 0.6 is 0 Å². The number of carbonyl (C=O) groups excluding carboxylic acids is 1. The third-order valence-corrected chi connectivity index (χ3v) is 3.68. The molecule has 5 heteroatoms. The Morgan fingerprint density at radius 2 is 2.20 bits per heavy atom. The lowest BCUT2D eigenvalue weighted by molar-refractivity contribution is 0.0782. The van der Waals surface area contributed by atoms with Crippen molar-refractivity contribution in [2.45, 2.75) is 6.42 Å². The highest BCUT2D eigenvalue weighted by Crippen LogP contribution is 2.21. The summed E-state index contributed by atoms with van der Waals surface area (Å²) < 4.78 is 5.21. The van der Waals surface area contributed by atoms with E-state index in [1.807, 2.05) is 12.1 Å². The van der Waals surface area contributed by atoms with E-state index in [-0.39, 0.29) is 18.4 Å². The van der Waals surface area contributed by atoms with Crippen LogP contribution in [0, 0.1) is 5.92 Å². The van der Waals surface area contributed by atoms with Crippen LogP contribution < -0.4 is 0 Å². The number of rotatable bonds is 3. The van der Waals surface area contributed by atoms with Gasteiger partial charge in [-0.1, -0.05) is 12.1 Å². The molecule has 1 amide bonds. The summed E-state index contributed by atoms with van der Waals surface area (Å²) in [5, 5.41) is 9.12. The molecule has 0 bridgehead atoms. The predicted octanol–water partition coefficient (Wildman–Crippen LogP) is 1.80. The van der Waals surface area contributed by atoms with E-state index in [1.54, 1.807) is 23.2 Å². The molecule has 3 rings (SSSR count). The SMILES string of the molecule is O=C(c1ccc(-c2cnco2)cc1)N1CCC(CO)C1. The second kappa shape index (κ2) is 5.46. The molecule has 1 aromatic carbocycles. The molecule has 1 aliphatic heterocycles. The first kappa shape index (κ1) is 12.9. The van der Waals surface area contributed by atoms with Crippen molar-refractivity contribution < 1.29 is 14.3 Å². The first-order chi connectivity index (χ1) is 9.78. The van der Waals surface area contributed by atoms with Crippen molar-refractivity contribution in [3.05, 3.63) is 42.4 Å². The molecule has 0 saturated carbocycles. The first-order valence-corrected chi connectivity index (χ1v) is 6.67. The Labute approximate surface area is 116 Å². The van der Waals surface area contributed by atoms with Crippen LogP contribution in [0.15, 0.2) is 41.3 Å². The molecule has 20 heavy (non-hydrogen) atoms. The van der Waals surface area contributed by atoms with Crippen molar-refractivity contribution in [3.63, 3.8) is 0 Å². The zero-order valence-electron chi connectivity index (χ0n) is 11.0. The van der Waals surface area contributed by atoms with Gasteiger partial charge >= 0.3 is 0 Å². The molecular formula is C15H16N2O3. The highest BCUT2D eigenvalue weighted by atomic mass is 16.3. The number of hydrogen-bond acceptors (Lipinski definition) is 4. The number of likely N-dealkylation sites (tertiary alicyclic amines) is 1. The Morgan fingerprint density at radius 3 is 2.80 bits per heavy atom. The van der Waals surface area contributed by atoms with E-state index in [0.717, 1.165) is 12.0 Å². The Balaban J connectivity index is 1.73. The van der Waals surface area contributed by atoms with Crippen molar-refractivity contribution >= 4 is 5.91 Å². The first-order valence-electron chi connectivity index (χ1n) is 6.67. The van der Waals surface area contributed by atoms with Crippen molar-refractivity contribution in [1.29, 1.82) is 0 Å². The topological polar surface area (TPSA) is 66.6 Å². The van der Waals surface area contributed by atoms with E-state index < -0.39 is 0 Å². The normalized spacial score (nSPS) is 18.4. The molecule has 2 aromatic rings. The van der Waals surface area contributed by atoms with Gasteiger partial charge < -0.3 is 14.4 Å². The molecular weight excluding hydrogens is 256 g/mol. The minimum atomic E-state index is 0.0186. The minimum absolute atomic E-state index is 0.0186. The number of hydrogen-bond donors (Lipinski definition) is 1. The second-order valence-electron chi connectivity index (χ2n) is 5.03. The van der Waals surface area contributed by atoms with Crippen molar-refractivity contribution in [1.82, 2.24) is 9.88 Å². The summed E-state index contributed by atoms with van der Waals surface area (Å²) in [6.07, 6.45) is 3.90. The lowest BCUT2D eigenvalue weighted by Gasteiger charge is -2.16. The molecule has 1 saturated heterocycles. The monoisotopic (exact) mass is 272 g/mol. The van der Waals surface area contributed by atoms with E-state index in [0.29, 0.717) is 24.4 Å². The molecule has 2 heterocycles. The van der Waals surface area contributed by atoms with E-state index in [9.17, 15) is 4.79 Å². The number of aliphatic hydroxyl groups excluding tert-OH is 1. The number of carbonyl (C=O) groups is 1. The lowest BCUT2D eigenvalue weighted by atomic mass is 10.1. The molecule has 1 aromatic heterocycles. The van der Waals surface area contributed by atoms with Crippen LogP contribution in [0.3, 0.4) is 0 Å². The zero-order valence-corrected chi connectivity index (χ0v) is 11.0. The molecule has 1 N–H and O–H groups in total. The maximum atomic E-state index is 12.3. The molecule has 0 radical (unpaired) electrons. The maximum absolute atomic E-state index is 12.3. The Hall–Kier alpha value is -2.14. The van der Waals surface area contributed by atoms with Gasteiger partial charge in [-0.25, -0.2) is 4.98 Å². The van der Waals surface area contributed by atoms with E-state index >= 15 is 0 Å². The third-order valence-electron chi connectivity index (χ3n) is 3.68. The van der Waals surface area contributed by atoms with Gasteiger partial charge in [-0.3, -0.25) is 4.79 Å². The molecule has 1 unspecified atom stereocenters. The summed E-state index contributed by atoms with van der Waals surface area (Å²) in [5.74, 6) is 0.919. The Bertz CT molecular complexity index is 578. The number of oxazole rings is 1. The van der Waals surface area contributed by atoms with E-state index in [1.165, 1.54) is 6.39 Å². The number of amides is 1. The number of aromatic nitrogens is 1. The quantitative estimate of drug-likeness (QED) is 0.925. The average Bonchev–Trinajstić information content (AvgIpc) is 3.18. The van der Waals surface area contributed by atoms with Crippen molar-refractivity contribution in [3.8, 4) is 11.3 Å². The van der Waals surface area contributed by atoms with Gasteiger partial charge in [0.05, 0.1) is 6.20 Å². The highest BCUT2D eigenvalue weighted by Gasteiger charge is 2.26. The molecule has 104 valence electrons. The largest absolute Gasteiger partial charge is 0.444 e. The van der Waals surface area contributed by atoms with Crippen LogP contribution in [-0.2, 0) is 0 Å². The summed E-state index contributed by atoms with van der Waals surface area (Å²) in [4.78, 5) is 18.0. The third kappa shape index (κ3) is 2.44. The molecule has 1 fully saturated rings. The number of benzene rings is 1. The highest BCUT2D eigenvalue weighted by molar-refractivity contribution is 5.94. The second-order valence-corrected chi connectivity index (χ2v) is 5.03. The average molecular weight is 272 g/mol. The summed E-state index contributed by atoms with van der Waals surface area (Å²) in [7, 11) is 0. The summed E-state index contributed by atoms with van der Waals surface area (Å²) >= 11 is 0. The van der Waals surface area contributed by atoms with Gasteiger partial charge in [0, 0.05) is 36.7 Å². The Morgan fingerprint density at radius 1 is 1.40 bits per heavy atom. The molecule has 1 atom stereocenters. The van der Waals surface area contributed by atoms with Gasteiger partial charge in [-0.05, 0) is 18.6 Å². The van der Waals surface area contributed by atoms with Gasteiger partial charge in [0.15, 0.2) is 12.2 Å². The minimum Gasteiger partial charge on any atom is -0.444 e. The van der Waals surface area contributed by atoms with Crippen LogP contribution in [0.1, 0.15) is 16.8 Å². The van der Waals surface area contributed by atoms with Gasteiger partial charge in [0.2, 0.25) is 0 Å². The fourth-order valence-electron chi connectivity index (χ4n) is 2.48. The number of nitrogens with zero attached hydrogens (tertiary/aromatic N) is 2. The van der Waals surface area contributed by atoms with Gasteiger partial charge in [0.25, 0.3) is 5.91 Å². The fourth-order valence-corrected chi connectivity index (χ4v) is 2.48. The maximum Gasteiger partial charge on any atom is 0.253 e. The molecule has 5 nitrogen and oxygen atoms in total. The van der Waals surface area contributed by atoms with Crippen molar-refractivity contribution in [2.24, 2.45) is 5.92 Å². The summed E-state index contributed by atoms with van der Waals surface area (Å²) in [5.41, 5.74) is 1.56. The van der Waals surface area contributed by atoms with Crippen molar-refractivity contribution in [2.75, 3.05) is 19.7 Å². The van der Waals surface area contributed by atoms with Gasteiger partial charge in [-0.15, -0.1) is 0 Å². The zero-order chi connectivity index (χ0) is 13.9. The fraction of sp³-hybridized carbons (Fsp3) is 0.333. The standard InChI is InChI=1S/C15H16N2O3/c18-9-11-5-6-17(8-11)15(19)13-3-1-12(2-4-13)14-7-16-10-20-14/h1-4,7,10-11,18H,5-6,8-9H2. The van der Waals surface area contributed by atoms with Gasteiger partial charge in [0.1, 0.15) is 0 Å². The van der Waals surface area contributed by atoms with Crippen LogP contribution in [0.2, 0.25) is 0 Å². The molecule has 1 aliphatic rings. The Kier molecular flexibility index (Phi) is 3.52. The van der Waals surface area contributed by atoms with Crippen LogP contribution in [-0.4, -0.2) is 40.6 Å². The van der Waals surface area contributed by atoms with Crippen LogP contribution in [0.5, 0.6) is 0 Å². The van der Waals surface area contributed by atoms with Crippen LogP contribution in [0.25, 0.3) is 11.3 Å². The van der Waals surface area contributed by atoms with E-state index in [4.69, 9.17) is 9.52 Å². The van der Waals surface area contributed by atoms with E-state index in [2.05, 4.69) is 4.98 Å². The number of aliphatic hydroxyl groups is 1. The van der Waals surface area contributed by atoms with Gasteiger partial charge in [-0.2, -0.15) is 0 Å². The smallest absolute Gasteiger partial charge is 0.253 e. The molecule has 0 aliphatic carbocycles. The summed E-state index contributed by atoms with van der Waals surface area (Å²) in [6, 6.07) is 7.31. The molecule has 0 spiro atoms.